The lowest BCUT2D eigenvalue weighted by Crippen LogP contribution is -2.37. The van der Waals surface area contributed by atoms with E-state index in [1.165, 1.54) is 0 Å². The molecule has 0 fully saturated rings. The molecule has 0 heterocycles. The van der Waals surface area contributed by atoms with Gasteiger partial charge in [-0.15, -0.1) is 0 Å². The smallest absolute Gasteiger partial charge is 0.261 e. The van der Waals surface area contributed by atoms with Crippen molar-refractivity contribution in [2.45, 2.75) is 26.0 Å². The molecule has 23 heavy (non-hydrogen) atoms. The minimum absolute atomic E-state index is 0.111. The van der Waals surface area contributed by atoms with E-state index in [9.17, 15) is 4.79 Å². The molecule has 2 rings (SSSR count). The number of benzene rings is 2. The second kappa shape index (κ2) is 8.02. The van der Waals surface area contributed by atoms with Gasteiger partial charge in [-0.05, 0) is 49.7 Å². The minimum atomic E-state index is -0.590. The Morgan fingerprint density at radius 1 is 1.04 bits per heavy atom. The highest BCUT2D eigenvalue weighted by molar-refractivity contribution is 9.10. The molecule has 2 unspecified atom stereocenters. The Kier molecular flexibility index (Phi) is 6.04. The van der Waals surface area contributed by atoms with Crippen LogP contribution >= 0.6 is 15.9 Å². The Morgan fingerprint density at radius 3 is 2.26 bits per heavy atom. The molecule has 0 aliphatic carbocycles. The van der Waals surface area contributed by atoms with E-state index in [-0.39, 0.29) is 11.9 Å². The molecule has 1 amide bonds. The van der Waals surface area contributed by atoms with Gasteiger partial charge in [0.2, 0.25) is 0 Å². The van der Waals surface area contributed by atoms with E-state index in [0.29, 0.717) is 5.75 Å². The first kappa shape index (κ1) is 17.3. The monoisotopic (exact) mass is 377 g/mol. The third-order valence-electron chi connectivity index (χ3n) is 3.47. The van der Waals surface area contributed by atoms with Crippen LogP contribution in [0.3, 0.4) is 0 Å². The van der Waals surface area contributed by atoms with E-state index in [1.54, 1.807) is 38.3 Å². The molecule has 0 aromatic heterocycles. The van der Waals surface area contributed by atoms with Crippen molar-refractivity contribution in [3.8, 4) is 11.5 Å². The second-order valence-electron chi connectivity index (χ2n) is 5.19. The van der Waals surface area contributed by atoms with Crippen molar-refractivity contribution in [2.75, 3.05) is 7.11 Å². The van der Waals surface area contributed by atoms with Crippen LogP contribution in [0.5, 0.6) is 11.5 Å². The summed E-state index contributed by atoms with van der Waals surface area (Å²) in [5.74, 6) is 1.21. The summed E-state index contributed by atoms with van der Waals surface area (Å²) >= 11 is 3.50. The van der Waals surface area contributed by atoms with Gasteiger partial charge in [0.15, 0.2) is 6.10 Å². The summed E-state index contributed by atoms with van der Waals surface area (Å²) < 4.78 is 11.7. The molecule has 2 aromatic carbocycles. The predicted octanol–water partition coefficient (Wildman–Crippen LogP) is 4.10. The summed E-state index contributed by atoms with van der Waals surface area (Å²) in [5, 5.41) is 2.96. The van der Waals surface area contributed by atoms with Gasteiger partial charge in [0.1, 0.15) is 11.5 Å². The van der Waals surface area contributed by atoms with Crippen LogP contribution in [0.4, 0.5) is 0 Å². The van der Waals surface area contributed by atoms with E-state index < -0.39 is 6.10 Å². The molecule has 1 N–H and O–H groups in total. The van der Waals surface area contributed by atoms with Crippen LogP contribution in [0.2, 0.25) is 0 Å². The van der Waals surface area contributed by atoms with Crippen LogP contribution in [0.1, 0.15) is 25.5 Å². The van der Waals surface area contributed by atoms with Crippen molar-refractivity contribution in [3.05, 3.63) is 58.6 Å². The topological polar surface area (TPSA) is 47.6 Å². The zero-order chi connectivity index (χ0) is 16.8. The third-order valence-corrected chi connectivity index (χ3v) is 4.19. The van der Waals surface area contributed by atoms with Gasteiger partial charge in [-0.2, -0.15) is 0 Å². The van der Waals surface area contributed by atoms with Gasteiger partial charge in [0.05, 0.1) is 13.2 Å². The highest BCUT2D eigenvalue weighted by Crippen LogP contribution is 2.23. The maximum absolute atomic E-state index is 12.3. The van der Waals surface area contributed by atoms with Crippen molar-refractivity contribution in [1.29, 1.82) is 0 Å². The number of carbonyl (C=O) groups excluding carboxylic acids is 1. The Morgan fingerprint density at radius 2 is 1.65 bits per heavy atom. The molecular weight excluding hydrogens is 358 g/mol. The van der Waals surface area contributed by atoms with Crippen LogP contribution in [-0.4, -0.2) is 19.1 Å². The Bertz CT molecular complexity index is 658. The quantitative estimate of drug-likeness (QED) is 0.823. The highest BCUT2D eigenvalue weighted by Gasteiger charge is 2.18. The number of rotatable bonds is 6. The van der Waals surface area contributed by atoms with Gasteiger partial charge in [-0.25, -0.2) is 0 Å². The summed E-state index contributed by atoms with van der Waals surface area (Å²) in [6.45, 7) is 3.67. The fraction of sp³-hybridized carbons (Fsp3) is 0.278. The standard InChI is InChI=1S/C18H20BrNO3/c1-12(16-6-4-5-7-17(16)19)20-18(21)13(2)23-15-10-8-14(22-3)9-11-15/h4-13H,1-3H3,(H,20,21). The van der Waals surface area contributed by atoms with Crippen molar-refractivity contribution in [3.63, 3.8) is 0 Å². The van der Waals surface area contributed by atoms with E-state index in [4.69, 9.17) is 9.47 Å². The van der Waals surface area contributed by atoms with Crippen LogP contribution in [0, 0.1) is 0 Å². The van der Waals surface area contributed by atoms with Crippen LogP contribution in [-0.2, 0) is 4.79 Å². The van der Waals surface area contributed by atoms with Gasteiger partial charge in [0, 0.05) is 4.47 Å². The minimum Gasteiger partial charge on any atom is -0.497 e. The van der Waals surface area contributed by atoms with Crippen molar-refractivity contribution in [1.82, 2.24) is 5.32 Å². The molecule has 122 valence electrons. The lowest BCUT2D eigenvalue weighted by Gasteiger charge is -2.20. The lowest BCUT2D eigenvalue weighted by molar-refractivity contribution is -0.127. The molecule has 0 saturated heterocycles. The number of carbonyl (C=O) groups is 1. The summed E-state index contributed by atoms with van der Waals surface area (Å²) in [5.41, 5.74) is 1.03. The largest absolute Gasteiger partial charge is 0.497 e. The maximum atomic E-state index is 12.3. The van der Waals surface area contributed by atoms with Gasteiger partial charge in [-0.3, -0.25) is 4.79 Å². The van der Waals surface area contributed by atoms with E-state index in [0.717, 1.165) is 15.8 Å². The average Bonchev–Trinajstić information content (AvgIpc) is 2.55. The van der Waals surface area contributed by atoms with E-state index in [1.807, 2.05) is 31.2 Å². The number of hydrogen-bond acceptors (Lipinski definition) is 3. The van der Waals surface area contributed by atoms with Crippen LogP contribution in [0.15, 0.2) is 53.0 Å². The predicted molar refractivity (Wildman–Crippen MR) is 93.8 cm³/mol. The summed E-state index contributed by atoms with van der Waals surface area (Å²) in [7, 11) is 1.61. The Hall–Kier alpha value is -2.01. The van der Waals surface area contributed by atoms with Gasteiger partial charge in [-0.1, -0.05) is 34.1 Å². The molecule has 0 spiro atoms. The zero-order valence-corrected chi connectivity index (χ0v) is 15.0. The number of methoxy groups -OCH3 is 1. The molecule has 2 atom stereocenters. The van der Waals surface area contributed by atoms with Crippen molar-refractivity contribution in [2.24, 2.45) is 0 Å². The van der Waals surface area contributed by atoms with Crippen LogP contribution in [0.25, 0.3) is 0 Å². The number of halogens is 1. The van der Waals surface area contributed by atoms with E-state index >= 15 is 0 Å². The normalized spacial score (nSPS) is 13.0. The number of nitrogens with one attached hydrogen (secondary N) is 1. The first-order valence-corrected chi connectivity index (χ1v) is 8.16. The van der Waals surface area contributed by atoms with Crippen molar-refractivity contribution < 1.29 is 14.3 Å². The van der Waals surface area contributed by atoms with Gasteiger partial charge in [0.25, 0.3) is 5.91 Å². The lowest BCUT2D eigenvalue weighted by atomic mass is 10.1. The number of hydrogen-bond donors (Lipinski definition) is 1. The SMILES string of the molecule is COc1ccc(OC(C)C(=O)NC(C)c2ccccc2Br)cc1. The molecule has 0 bridgehead atoms. The molecule has 2 aromatic rings. The zero-order valence-electron chi connectivity index (χ0n) is 13.4. The molecule has 0 saturated carbocycles. The molecule has 0 radical (unpaired) electrons. The molecular formula is C18H20BrNO3. The molecule has 4 nitrogen and oxygen atoms in total. The van der Waals surface area contributed by atoms with E-state index in [2.05, 4.69) is 21.2 Å². The summed E-state index contributed by atoms with van der Waals surface area (Å²) in [6.07, 6.45) is -0.590. The van der Waals surface area contributed by atoms with Crippen LogP contribution < -0.4 is 14.8 Å². The van der Waals surface area contributed by atoms with Crippen molar-refractivity contribution >= 4 is 21.8 Å². The fourth-order valence-corrected chi connectivity index (χ4v) is 2.77. The first-order chi connectivity index (χ1) is 11.0. The number of amides is 1. The Labute approximate surface area is 144 Å². The first-order valence-electron chi connectivity index (χ1n) is 7.36. The second-order valence-corrected chi connectivity index (χ2v) is 6.04. The van der Waals surface area contributed by atoms with Gasteiger partial charge < -0.3 is 14.8 Å². The highest BCUT2D eigenvalue weighted by atomic mass is 79.9. The fourth-order valence-electron chi connectivity index (χ4n) is 2.15. The molecule has 5 heteroatoms. The molecule has 0 aliphatic rings. The average molecular weight is 378 g/mol. The summed E-state index contributed by atoms with van der Waals surface area (Å²) in [4.78, 5) is 12.3. The third kappa shape index (κ3) is 4.73. The van der Waals surface area contributed by atoms with Gasteiger partial charge >= 0.3 is 0 Å². The Balaban J connectivity index is 1.95. The number of ether oxygens (including phenoxy) is 2. The molecule has 0 aliphatic heterocycles. The summed E-state index contributed by atoms with van der Waals surface area (Å²) in [6, 6.07) is 14.9. The maximum Gasteiger partial charge on any atom is 0.261 e.